The van der Waals surface area contributed by atoms with Crippen molar-refractivity contribution in [2.45, 2.75) is 4.90 Å². The van der Waals surface area contributed by atoms with Crippen LogP contribution in [0.4, 0.5) is 9.57 Å². The summed E-state index contributed by atoms with van der Waals surface area (Å²) in [5, 5.41) is 11.3. The summed E-state index contributed by atoms with van der Waals surface area (Å²) >= 11 is 6.15. The molecule has 0 aliphatic carbocycles. The molecule has 3 rings (SSSR count). The van der Waals surface area contributed by atoms with Crippen molar-refractivity contribution in [2.75, 3.05) is 0 Å². The maximum atomic E-state index is 13.1. The van der Waals surface area contributed by atoms with E-state index < -0.39 is 20.0 Å². The molecule has 0 amide bonds. The maximum absolute atomic E-state index is 13.1. The number of non-ortho nitro benzene ring substituents is 1. The summed E-state index contributed by atoms with van der Waals surface area (Å²) < 4.78 is 35.1. The molecule has 6 nitrogen and oxygen atoms in total. The lowest BCUT2D eigenvalue weighted by Crippen LogP contribution is -1.94. The molecule has 0 saturated heterocycles. The highest BCUT2D eigenvalue weighted by Crippen LogP contribution is 2.31. The van der Waals surface area contributed by atoms with Crippen LogP contribution >= 0.6 is 11.6 Å². The Morgan fingerprint density at radius 1 is 1.12 bits per heavy atom. The van der Waals surface area contributed by atoms with Gasteiger partial charge >= 0.3 is 10.2 Å². The average molecular weight is 367 g/mol. The number of nitrogens with zero attached hydrogens (tertiary/aromatic N) is 2. The summed E-state index contributed by atoms with van der Waals surface area (Å²) in [7, 11) is -4.85. The number of hydrogen-bond donors (Lipinski definition) is 0. The van der Waals surface area contributed by atoms with Gasteiger partial charge in [-0.2, -0.15) is 8.42 Å². The minimum absolute atomic E-state index is 0.0932. The number of pyridine rings is 1. The van der Waals surface area contributed by atoms with Gasteiger partial charge in [0.2, 0.25) is 0 Å². The van der Waals surface area contributed by atoms with E-state index in [4.69, 9.17) is 11.6 Å². The van der Waals surface area contributed by atoms with E-state index in [0.717, 1.165) is 12.1 Å². The summed E-state index contributed by atoms with van der Waals surface area (Å²) in [6.45, 7) is 0. The fraction of sp³-hybridized carbons (Fsp3) is 0. The van der Waals surface area contributed by atoms with Crippen LogP contribution in [-0.4, -0.2) is 18.3 Å². The summed E-state index contributed by atoms with van der Waals surface area (Å²) in [5.41, 5.74) is 1.11. The lowest BCUT2D eigenvalue weighted by molar-refractivity contribution is -0.384. The number of benzene rings is 2. The normalized spacial score (nSPS) is 11.6. The second-order valence-electron chi connectivity index (χ2n) is 4.91. The lowest BCUT2D eigenvalue weighted by Gasteiger charge is -2.06. The Balaban J connectivity index is 2.18. The lowest BCUT2D eigenvalue weighted by atomic mass is 10.1. The van der Waals surface area contributed by atoms with Crippen molar-refractivity contribution in [1.29, 1.82) is 0 Å². The molecule has 0 bridgehead atoms. The molecule has 122 valence electrons. The van der Waals surface area contributed by atoms with Gasteiger partial charge in [0.15, 0.2) is 0 Å². The van der Waals surface area contributed by atoms with Gasteiger partial charge in [0.1, 0.15) is 0 Å². The second kappa shape index (κ2) is 5.81. The van der Waals surface area contributed by atoms with Crippen LogP contribution in [0.3, 0.4) is 0 Å². The van der Waals surface area contributed by atoms with Crippen LogP contribution in [-0.2, 0) is 10.2 Å². The van der Waals surface area contributed by atoms with Crippen LogP contribution in [0, 0.1) is 10.1 Å². The molecule has 0 radical (unpaired) electrons. The maximum Gasteiger partial charge on any atom is 0.332 e. The Hall–Kier alpha value is -2.58. The van der Waals surface area contributed by atoms with Gasteiger partial charge in [0.05, 0.1) is 26.1 Å². The Labute approximate surface area is 140 Å². The standard InChI is InChI=1S/C15H8ClFN2O4S/c16-13-8-15(9-2-1-3-10(6-9)19(20)21)18-14-5-4-11(7-12(13)14)24(17,22)23/h1-8H. The molecule has 0 aliphatic heterocycles. The highest BCUT2D eigenvalue weighted by Gasteiger charge is 2.15. The number of aromatic nitrogens is 1. The number of hydrogen-bond acceptors (Lipinski definition) is 5. The number of nitro groups is 1. The topological polar surface area (TPSA) is 90.2 Å². The van der Waals surface area contributed by atoms with Crippen LogP contribution < -0.4 is 0 Å². The molecule has 9 heteroatoms. The van der Waals surface area contributed by atoms with Gasteiger partial charge < -0.3 is 0 Å². The van der Waals surface area contributed by atoms with Crippen molar-refractivity contribution < 1.29 is 17.2 Å². The fourth-order valence-electron chi connectivity index (χ4n) is 2.24. The number of fused-ring (bicyclic) bond motifs is 1. The number of halogens is 2. The average Bonchev–Trinajstić information content (AvgIpc) is 2.53. The molecule has 0 fully saturated rings. The Morgan fingerprint density at radius 3 is 2.54 bits per heavy atom. The summed E-state index contributed by atoms with van der Waals surface area (Å²) in [5.74, 6) is 0. The third-order valence-electron chi connectivity index (χ3n) is 3.36. The van der Waals surface area contributed by atoms with Gasteiger partial charge in [-0.3, -0.25) is 10.1 Å². The van der Waals surface area contributed by atoms with E-state index in [0.29, 0.717) is 16.8 Å². The smallest absolute Gasteiger partial charge is 0.258 e. The quantitative estimate of drug-likeness (QED) is 0.395. The van der Waals surface area contributed by atoms with Crippen molar-refractivity contribution in [3.63, 3.8) is 0 Å². The van der Waals surface area contributed by atoms with E-state index in [9.17, 15) is 22.4 Å². The van der Waals surface area contributed by atoms with Crippen molar-refractivity contribution in [1.82, 2.24) is 4.98 Å². The van der Waals surface area contributed by atoms with Crippen molar-refractivity contribution in [3.8, 4) is 11.3 Å². The first-order valence-electron chi connectivity index (χ1n) is 6.55. The number of nitro benzene ring substituents is 1. The second-order valence-corrected chi connectivity index (χ2v) is 6.67. The van der Waals surface area contributed by atoms with Crippen LogP contribution in [0.1, 0.15) is 0 Å². The predicted octanol–water partition coefficient (Wildman–Crippen LogP) is 4.12. The zero-order valence-corrected chi connectivity index (χ0v) is 13.4. The fourth-order valence-corrected chi connectivity index (χ4v) is 2.99. The van der Waals surface area contributed by atoms with Gasteiger partial charge in [-0.1, -0.05) is 23.7 Å². The molecule has 24 heavy (non-hydrogen) atoms. The first-order valence-corrected chi connectivity index (χ1v) is 8.31. The van der Waals surface area contributed by atoms with Crippen LogP contribution in [0.25, 0.3) is 22.2 Å². The van der Waals surface area contributed by atoms with Crippen LogP contribution in [0.5, 0.6) is 0 Å². The molecule has 0 saturated carbocycles. The van der Waals surface area contributed by atoms with Crippen LogP contribution in [0.2, 0.25) is 5.02 Å². The SMILES string of the molecule is O=[N+]([O-])c1cccc(-c2cc(Cl)c3cc(S(=O)(=O)F)ccc3n2)c1. The van der Waals surface area contributed by atoms with E-state index in [1.54, 1.807) is 6.07 Å². The van der Waals surface area contributed by atoms with Gasteiger partial charge in [-0.15, -0.1) is 3.89 Å². The van der Waals surface area contributed by atoms with Gasteiger partial charge in [0.25, 0.3) is 5.69 Å². The Morgan fingerprint density at radius 2 is 1.88 bits per heavy atom. The Bertz CT molecular complexity index is 1090. The predicted molar refractivity (Wildman–Crippen MR) is 87.1 cm³/mol. The molecule has 0 unspecified atom stereocenters. The van der Waals surface area contributed by atoms with Crippen molar-refractivity contribution in [2.24, 2.45) is 0 Å². The van der Waals surface area contributed by atoms with Crippen molar-refractivity contribution >= 4 is 38.4 Å². The van der Waals surface area contributed by atoms with Gasteiger partial charge in [-0.05, 0) is 24.3 Å². The third-order valence-corrected chi connectivity index (χ3v) is 4.49. The molecule has 3 aromatic rings. The first-order chi connectivity index (χ1) is 11.3. The number of rotatable bonds is 3. The van der Waals surface area contributed by atoms with E-state index in [-0.39, 0.29) is 16.1 Å². The molecule has 1 heterocycles. The van der Waals surface area contributed by atoms with E-state index in [1.807, 2.05) is 0 Å². The molecule has 2 aromatic carbocycles. The first kappa shape index (κ1) is 16.3. The Kier molecular flexibility index (Phi) is 3.94. The summed E-state index contributed by atoms with van der Waals surface area (Å²) in [4.78, 5) is 14.1. The minimum Gasteiger partial charge on any atom is -0.258 e. The molecule has 0 aliphatic rings. The van der Waals surface area contributed by atoms with Gasteiger partial charge in [-0.25, -0.2) is 4.98 Å². The minimum atomic E-state index is -4.85. The molecular weight excluding hydrogens is 359 g/mol. The molecule has 1 aromatic heterocycles. The molecular formula is C15H8ClFN2O4S. The summed E-state index contributed by atoms with van der Waals surface area (Å²) in [6, 6.07) is 10.8. The van der Waals surface area contributed by atoms with E-state index in [2.05, 4.69) is 4.98 Å². The highest BCUT2D eigenvalue weighted by molar-refractivity contribution is 7.86. The zero-order chi connectivity index (χ0) is 17.5. The van der Waals surface area contributed by atoms with Crippen LogP contribution in [0.15, 0.2) is 53.4 Å². The van der Waals surface area contributed by atoms with Gasteiger partial charge in [0, 0.05) is 23.1 Å². The zero-order valence-electron chi connectivity index (χ0n) is 11.8. The monoisotopic (exact) mass is 366 g/mol. The third kappa shape index (κ3) is 3.06. The van der Waals surface area contributed by atoms with Crippen molar-refractivity contribution in [3.05, 3.63) is 63.7 Å². The molecule has 0 N–H and O–H groups in total. The largest absolute Gasteiger partial charge is 0.332 e. The van der Waals surface area contributed by atoms with E-state index in [1.165, 1.54) is 30.3 Å². The van der Waals surface area contributed by atoms with E-state index >= 15 is 0 Å². The highest BCUT2D eigenvalue weighted by atomic mass is 35.5. The molecule has 0 atom stereocenters. The summed E-state index contributed by atoms with van der Waals surface area (Å²) in [6.07, 6.45) is 0. The molecule has 0 spiro atoms.